The molecule has 0 aliphatic rings. The molecule has 0 bridgehead atoms. The van der Waals surface area contributed by atoms with E-state index in [9.17, 15) is 9.67 Å². The first-order valence-electron chi connectivity index (χ1n) is 4.41. The van der Waals surface area contributed by atoms with Crippen molar-refractivity contribution in [3.63, 3.8) is 0 Å². The minimum Gasteiger partial charge on any atom is -0.508 e. The Hall–Kier alpha value is -0.880. The zero-order valence-corrected chi connectivity index (χ0v) is 8.66. The van der Waals surface area contributed by atoms with Gasteiger partial charge in [0.15, 0.2) is 6.16 Å². The van der Waals surface area contributed by atoms with E-state index in [1.54, 1.807) is 12.1 Å². The quantitative estimate of drug-likeness (QED) is 0.753. The Morgan fingerprint density at radius 2 is 2.31 bits per heavy atom. The predicted molar refractivity (Wildman–Crippen MR) is 55.0 cm³/mol. The van der Waals surface area contributed by atoms with Crippen molar-refractivity contribution in [3.05, 3.63) is 29.8 Å². The zero-order valence-electron chi connectivity index (χ0n) is 7.66. The third-order valence-corrected chi connectivity index (χ3v) is 2.82. The van der Waals surface area contributed by atoms with Gasteiger partial charge in [-0.15, -0.1) is 0 Å². The molecule has 1 aromatic carbocycles. The maximum atomic E-state index is 10.5. The normalized spacial score (nSPS) is 13.0. The van der Waals surface area contributed by atoms with Crippen molar-refractivity contribution in [2.45, 2.75) is 19.3 Å². The summed E-state index contributed by atoms with van der Waals surface area (Å²) in [5.74, 6) is 0.591. The Morgan fingerprint density at radius 3 is 2.85 bits per heavy atom. The lowest BCUT2D eigenvalue weighted by molar-refractivity contribution is 0.473. The summed E-state index contributed by atoms with van der Waals surface area (Å²) in [6.07, 6.45) is 1.64. The first kappa shape index (κ1) is 10.2. The lowest BCUT2D eigenvalue weighted by atomic mass is 9.98. The second kappa shape index (κ2) is 4.98. The first-order valence-corrected chi connectivity index (χ1v) is 5.53. The standard InChI is InChI=1S/C10H13O2P/c1-2-8(7-13-12)9-4-3-5-10(11)6-9/h3-6,8,11H,2,7H2,1H3/p+1. The molecule has 70 valence electrons. The molecule has 0 heterocycles. The van der Waals surface area contributed by atoms with Crippen LogP contribution in [0.25, 0.3) is 0 Å². The van der Waals surface area contributed by atoms with Gasteiger partial charge in [-0.3, -0.25) is 0 Å². The van der Waals surface area contributed by atoms with Crippen LogP contribution in [0, 0.1) is 0 Å². The number of aromatic hydroxyl groups is 1. The van der Waals surface area contributed by atoms with Crippen molar-refractivity contribution >= 4 is 8.46 Å². The molecule has 0 saturated heterocycles. The molecule has 2 atom stereocenters. The number of phenolic OH excluding ortho intramolecular Hbond substituents is 1. The molecule has 0 saturated carbocycles. The van der Waals surface area contributed by atoms with Crippen molar-refractivity contribution in [2.24, 2.45) is 0 Å². The highest BCUT2D eigenvalue weighted by Crippen LogP contribution is 2.25. The molecule has 2 unspecified atom stereocenters. The van der Waals surface area contributed by atoms with E-state index in [0.29, 0.717) is 12.1 Å². The van der Waals surface area contributed by atoms with Crippen LogP contribution in [0.1, 0.15) is 24.8 Å². The van der Waals surface area contributed by atoms with Gasteiger partial charge in [0.25, 0.3) is 0 Å². The van der Waals surface area contributed by atoms with Crippen molar-refractivity contribution in [2.75, 3.05) is 6.16 Å². The van der Waals surface area contributed by atoms with Crippen molar-refractivity contribution < 1.29 is 9.67 Å². The molecule has 0 fully saturated rings. The second-order valence-electron chi connectivity index (χ2n) is 3.05. The Kier molecular flexibility index (Phi) is 3.91. The van der Waals surface area contributed by atoms with Crippen LogP contribution in [-0.2, 0) is 4.57 Å². The largest absolute Gasteiger partial charge is 0.508 e. The van der Waals surface area contributed by atoms with Crippen LogP contribution < -0.4 is 0 Å². The zero-order chi connectivity index (χ0) is 9.68. The fraction of sp³-hybridized carbons (Fsp3) is 0.400. The molecule has 3 heteroatoms. The smallest absolute Gasteiger partial charge is 0.325 e. The van der Waals surface area contributed by atoms with Crippen molar-refractivity contribution in [3.8, 4) is 5.75 Å². The van der Waals surface area contributed by atoms with Crippen LogP contribution in [0.2, 0.25) is 0 Å². The Morgan fingerprint density at radius 1 is 1.54 bits per heavy atom. The van der Waals surface area contributed by atoms with E-state index in [-0.39, 0.29) is 14.2 Å². The Balaban J connectivity index is 2.84. The summed E-state index contributed by atoms with van der Waals surface area (Å²) >= 11 is 0. The van der Waals surface area contributed by atoms with E-state index in [1.807, 2.05) is 12.1 Å². The van der Waals surface area contributed by atoms with Gasteiger partial charge < -0.3 is 5.11 Å². The second-order valence-corrected chi connectivity index (χ2v) is 3.75. The van der Waals surface area contributed by atoms with Gasteiger partial charge in [0.05, 0.1) is 0 Å². The van der Waals surface area contributed by atoms with Crippen molar-refractivity contribution in [1.82, 2.24) is 0 Å². The average Bonchev–Trinajstić information content (AvgIpc) is 2.14. The molecule has 0 spiro atoms. The molecular formula is C10H14O2P+. The number of phenols is 1. The molecule has 0 aromatic heterocycles. The van der Waals surface area contributed by atoms with Gasteiger partial charge >= 0.3 is 8.46 Å². The highest BCUT2D eigenvalue weighted by molar-refractivity contribution is 7.23. The topological polar surface area (TPSA) is 37.3 Å². The van der Waals surface area contributed by atoms with E-state index in [2.05, 4.69) is 6.92 Å². The lowest BCUT2D eigenvalue weighted by Crippen LogP contribution is -1.97. The summed E-state index contributed by atoms with van der Waals surface area (Å²) in [4.78, 5) is 0. The Bertz CT molecular complexity index is 286. The summed E-state index contributed by atoms with van der Waals surface area (Å²) < 4.78 is 10.5. The summed E-state index contributed by atoms with van der Waals surface area (Å²) in [6, 6.07) is 7.18. The van der Waals surface area contributed by atoms with Crippen molar-refractivity contribution in [1.29, 1.82) is 0 Å². The first-order chi connectivity index (χ1) is 6.27. The fourth-order valence-corrected chi connectivity index (χ4v) is 2.10. The van der Waals surface area contributed by atoms with E-state index in [0.717, 1.165) is 12.0 Å². The molecule has 2 nitrogen and oxygen atoms in total. The summed E-state index contributed by atoms with van der Waals surface area (Å²) in [5.41, 5.74) is 1.07. The fourth-order valence-electron chi connectivity index (χ4n) is 1.38. The van der Waals surface area contributed by atoms with Gasteiger partial charge in [0.1, 0.15) is 5.75 Å². The molecule has 1 aromatic rings. The number of rotatable bonds is 4. The van der Waals surface area contributed by atoms with E-state index < -0.39 is 0 Å². The van der Waals surface area contributed by atoms with Gasteiger partial charge in [-0.1, -0.05) is 23.6 Å². The third kappa shape index (κ3) is 2.82. The molecule has 1 rings (SSSR count). The molecule has 0 aliphatic heterocycles. The minimum absolute atomic E-state index is 0.264. The maximum absolute atomic E-state index is 10.5. The molecular weight excluding hydrogens is 183 g/mol. The molecule has 13 heavy (non-hydrogen) atoms. The monoisotopic (exact) mass is 197 g/mol. The van der Waals surface area contributed by atoms with Crippen LogP contribution in [-0.4, -0.2) is 11.3 Å². The maximum Gasteiger partial charge on any atom is 0.325 e. The molecule has 0 amide bonds. The minimum atomic E-state index is -0.264. The summed E-state index contributed by atoms with van der Waals surface area (Å²) in [7, 11) is -0.264. The third-order valence-electron chi connectivity index (χ3n) is 2.16. The number of benzene rings is 1. The van der Waals surface area contributed by atoms with Gasteiger partial charge in [-0.05, 0) is 24.1 Å². The summed E-state index contributed by atoms with van der Waals surface area (Å²) in [5, 5.41) is 9.25. The van der Waals surface area contributed by atoms with Crippen LogP contribution in [0.3, 0.4) is 0 Å². The van der Waals surface area contributed by atoms with Gasteiger partial charge in [0.2, 0.25) is 0 Å². The molecule has 0 radical (unpaired) electrons. The lowest BCUT2D eigenvalue weighted by Gasteiger charge is -2.08. The van der Waals surface area contributed by atoms with Crippen LogP contribution >= 0.6 is 8.46 Å². The van der Waals surface area contributed by atoms with E-state index >= 15 is 0 Å². The van der Waals surface area contributed by atoms with E-state index in [4.69, 9.17) is 0 Å². The highest BCUT2D eigenvalue weighted by Gasteiger charge is 2.12. The van der Waals surface area contributed by atoms with Crippen LogP contribution in [0.15, 0.2) is 24.3 Å². The van der Waals surface area contributed by atoms with Gasteiger partial charge in [-0.2, -0.15) is 0 Å². The predicted octanol–water partition coefficient (Wildman–Crippen LogP) is 2.91. The summed E-state index contributed by atoms with van der Waals surface area (Å²) in [6.45, 7) is 2.06. The highest BCUT2D eigenvalue weighted by atomic mass is 31.1. The molecule has 0 aliphatic carbocycles. The van der Waals surface area contributed by atoms with Crippen LogP contribution in [0.5, 0.6) is 5.75 Å². The molecule has 1 N–H and O–H groups in total. The average molecular weight is 197 g/mol. The number of hydrogen-bond acceptors (Lipinski definition) is 2. The SMILES string of the molecule is CCC(C[PH+]=O)c1cccc(O)c1. The number of hydrogen-bond donors (Lipinski definition) is 1. The van der Waals surface area contributed by atoms with Crippen LogP contribution in [0.4, 0.5) is 0 Å². The van der Waals surface area contributed by atoms with Gasteiger partial charge in [0, 0.05) is 5.92 Å². The van der Waals surface area contributed by atoms with E-state index in [1.165, 1.54) is 0 Å². The Labute approximate surface area is 79.8 Å². The van der Waals surface area contributed by atoms with Gasteiger partial charge in [-0.25, -0.2) is 0 Å².